The second kappa shape index (κ2) is 6.99. The molecule has 1 aromatic heterocycles. The highest BCUT2D eigenvalue weighted by atomic mass is 19.2. The van der Waals surface area contributed by atoms with Gasteiger partial charge in [-0.2, -0.15) is 0 Å². The van der Waals surface area contributed by atoms with E-state index in [1.54, 1.807) is 18.2 Å². The van der Waals surface area contributed by atoms with Crippen molar-refractivity contribution in [1.82, 2.24) is 9.97 Å². The molecule has 0 spiro atoms. The molecule has 0 aliphatic carbocycles. The molecule has 3 aromatic rings. The predicted octanol–water partition coefficient (Wildman–Crippen LogP) is 4.25. The Labute approximate surface area is 136 Å². The molecule has 0 unspecified atom stereocenters. The van der Waals surface area contributed by atoms with Crippen molar-refractivity contribution in [3.63, 3.8) is 0 Å². The van der Waals surface area contributed by atoms with E-state index in [4.69, 9.17) is 0 Å². The van der Waals surface area contributed by atoms with Crippen molar-refractivity contribution < 1.29 is 13.2 Å². The number of hydrogen-bond acceptors (Lipinski definition) is 4. The molecular formula is C17H13F3N4. The Hall–Kier alpha value is -3.09. The van der Waals surface area contributed by atoms with E-state index >= 15 is 0 Å². The summed E-state index contributed by atoms with van der Waals surface area (Å²) in [6.45, 7) is 0.460. The minimum absolute atomic E-state index is 0.293. The van der Waals surface area contributed by atoms with E-state index in [0.29, 0.717) is 23.9 Å². The number of rotatable bonds is 5. The monoisotopic (exact) mass is 330 g/mol. The second-order valence-electron chi connectivity index (χ2n) is 5.02. The number of anilines is 3. The molecule has 0 aliphatic rings. The van der Waals surface area contributed by atoms with Crippen molar-refractivity contribution in [2.24, 2.45) is 0 Å². The summed E-state index contributed by atoms with van der Waals surface area (Å²) >= 11 is 0. The minimum atomic E-state index is -0.941. The zero-order valence-corrected chi connectivity index (χ0v) is 12.4. The van der Waals surface area contributed by atoms with Gasteiger partial charge in [-0.25, -0.2) is 23.1 Å². The highest BCUT2D eigenvalue weighted by molar-refractivity contribution is 5.58. The van der Waals surface area contributed by atoms with Crippen LogP contribution in [0.4, 0.5) is 30.5 Å². The molecule has 1 heterocycles. The third kappa shape index (κ3) is 4.01. The summed E-state index contributed by atoms with van der Waals surface area (Å²) in [4.78, 5) is 8.10. The van der Waals surface area contributed by atoms with E-state index in [2.05, 4.69) is 20.6 Å². The summed E-state index contributed by atoms with van der Waals surface area (Å²) in [7, 11) is 0. The average Bonchev–Trinajstić information content (AvgIpc) is 2.58. The lowest BCUT2D eigenvalue weighted by atomic mass is 10.2. The first-order valence-electron chi connectivity index (χ1n) is 7.12. The molecule has 0 saturated carbocycles. The highest BCUT2D eigenvalue weighted by Crippen LogP contribution is 2.19. The van der Waals surface area contributed by atoms with Crippen LogP contribution < -0.4 is 10.6 Å². The molecule has 0 atom stereocenters. The van der Waals surface area contributed by atoms with Crippen LogP contribution in [0.3, 0.4) is 0 Å². The zero-order chi connectivity index (χ0) is 16.9. The van der Waals surface area contributed by atoms with Crippen LogP contribution in [0.2, 0.25) is 0 Å². The number of halogens is 3. The number of benzene rings is 2. The number of hydrogen-bond donors (Lipinski definition) is 2. The lowest BCUT2D eigenvalue weighted by Crippen LogP contribution is -2.03. The summed E-state index contributed by atoms with van der Waals surface area (Å²) in [6, 6.07) is 11.2. The Balaban J connectivity index is 1.67. The third-order valence-corrected chi connectivity index (χ3v) is 3.25. The normalized spacial score (nSPS) is 10.5. The van der Waals surface area contributed by atoms with E-state index in [1.165, 1.54) is 24.5 Å². The van der Waals surface area contributed by atoms with E-state index in [1.807, 2.05) is 0 Å². The van der Waals surface area contributed by atoms with Crippen molar-refractivity contribution >= 4 is 17.3 Å². The molecule has 0 saturated heterocycles. The van der Waals surface area contributed by atoms with Crippen LogP contribution in [0.15, 0.2) is 54.9 Å². The summed E-state index contributed by atoms with van der Waals surface area (Å²) in [5.74, 6) is -1.18. The molecule has 0 bridgehead atoms. The molecule has 4 nitrogen and oxygen atoms in total. The van der Waals surface area contributed by atoms with Gasteiger partial charge in [-0.1, -0.05) is 12.1 Å². The topological polar surface area (TPSA) is 49.8 Å². The first-order chi connectivity index (χ1) is 11.6. The summed E-state index contributed by atoms with van der Waals surface area (Å²) < 4.78 is 39.0. The van der Waals surface area contributed by atoms with Gasteiger partial charge >= 0.3 is 0 Å². The fourth-order valence-electron chi connectivity index (χ4n) is 2.04. The molecule has 3 rings (SSSR count). The summed E-state index contributed by atoms with van der Waals surface area (Å²) in [5, 5.41) is 5.95. The van der Waals surface area contributed by atoms with Crippen molar-refractivity contribution in [3.05, 3.63) is 77.9 Å². The first-order valence-corrected chi connectivity index (χ1v) is 7.12. The SMILES string of the molecule is Fc1ccc(CNc2cc(Nc3ccc(F)c(F)c3)ncn2)cc1. The van der Waals surface area contributed by atoms with Crippen LogP contribution in [0.1, 0.15) is 5.56 Å². The molecule has 2 N–H and O–H groups in total. The fourth-order valence-corrected chi connectivity index (χ4v) is 2.04. The lowest BCUT2D eigenvalue weighted by molar-refractivity contribution is 0.509. The largest absolute Gasteiger partial charge is 0.366 e. The molecule has 7 heteroatoms. The van der Waals surface area contributed by atoms with E-state index in [-0.39, 0.29) is 5.82 Å². The maximum absolute atomic E-state index is 13.2. The maximum Gasteiger partial charge on any atom is 0.160 e. The number of nitrogens with one attached hydrogen (secondary N) is 2. The lowest BCUT2D eigenvalue weighted by Gasteiger charge is -2.09. The van der Waals surface area contributed by atoms with Gasteiger partial charge < -0.3 is 10.6 Å². The second-order valence-corrected chi connectivity index (χ2v) is 5.02. The Morgan fingerprint density at radius 3 is 2.29 bits per heavy atom. The average molecular weight is 330 g/mol. The Kier molecular flexibility index (Phi) is 4.60. The Morgan fingerprint density at radius 1 is 0.792 bits per heavy atom. The molecule has 24 heavy (non-hydrogen) atoms. The van der Waals surface area contributed by atoms with Gasteiger partial charge in [-0.3, -0.25) is 0 Å². The smallest absolute Gasteiger partial charge is 0.160 e. The summed E-state index contributed by atoms with van der Waals surface area (Å²) in [6.07, 6.45) is 1.34. The molecule has 2 aromatic carbocycles. The van der Waals surface area contributed by atoms with E-state index < -0.39 is 11.6 Å². The van der Waals surface area contributed by atoms with Gasteiger partial charge in [0, 0.05) is 24.4 Å². The zero-order valence-electron chi connectivity index (χ0n) is 12.4. The van der Waals surface area contributed by atoms with Gasteiger partial charge in [0.1, 0.15) is 23.8 Å². The van der Waals surface area contributed by atoms with Crippen molar-refractivity contribution in [2.75, 3.05) is 10.6 Å². The highest BCUT2D eigenvalue weighted by Gasteiger charge is 2.04. The van der Waals surface area contributed by atoms with Gasteiger partial charge in [-0.05, 0) is 29.8 Å². The fraction of sp³-hybridized carbons (Fsp3) is 0.0588. The molecule has 0 radical (unpaired) electrons. The van der Waals surface area contributed by atoms with Crippen LogP contribution in [0.5, 0.6) is 0 Å². The van der Waals surface area contributed by atoms with Crippen LogP contribution >= 0.6 is 0 Å². The first kappa shape index (κ1) is 15.8. The van der Waals surface area contributed by atoms with Crippen LogP contribution in [-0.4, -0.2) is 9.97 Å². The molecule has 0 amide bonds. The van der Waals surface area contributed by atoms with Crippen molar-refractivity contribution in [2.45, 2.75) is 6.54 Å². The van der Waals surface area contributed by atoms with Crippen LogP contribution in [-0.2, 0) is 6.54 Å². The third-order valence-electron chi connectivity index (χ3n) is 3.25. The summed E-state index contributed by atoms with van der Waals surface area (Å²) in [5.41, 5.74) is 1.27. The van der Waals surface area contributed by atoms with Gasteiger partial charge in [0.15, 0.2) is 11.6 Å². The minimum Gasteiger partial charge on any atom is -0.366 e. The molecular weight excluding hydrogens is 317 g/mol. The molecule has 0 aliphatic heterocycles. The maximum atomic E-state index is 13.2. The number of nitrogens with zero attached hydrogens (tertiary/aromatic N) is 2. The van der Waals surface area contributed by atoms with E-state index in [9.17, 15) is 13.2 Å². The Morgan fingerprint density at radius 2 is 1.54 bits per heavy atom. The quantitative estimate of drug-likeness (QED) is 0.734. The molecule has 122 valence electrons. The predicted molar refractivity (Wildman–Crippen MR) is 85.4 cm³/mol. The Bertz CT molecular complexity index is 837. The van der Waals surface area contributed by atoms with Gasteiger partial charge in [0.25, 0.3) is 0 Å². The van der Waals surface area contributed by atoms with Crippen molar-refractivity contribution in [3.8, 4) is 0 Å². The van der Waals surface area contributed by atoms with Gasteiger partial charge in [0.2, 0.25) is 0 Å². The van der Waals surface area contributed by atoms with Crippen molar-refractivity contribution in [1.29, 1.82) is 0 Å². The standard InChI is InChI=1S/C17H13F3N4/c18-12-3-1-11(2-4-12)9-21-16-8-17(23-10-22-16)24-13-5-6-14(19)15(20)7-13/h1-8,10H,9H2,(H2,21,22,23,24). The van der Waals surface area contributed by atoms with Crippen LogP contribution in [0.25, 0.3) is 0 Å². The van der Waals surface area contributed by atoms with Gasteiger partial charge in [0.05, 0.1) is 0 Å². The van der Waals surface area contributed by atoms with Gasteiger partial charge in [-0.15, -0.1) is 0 Å². The van der Waals surface area contributed by atoms with E-state index in [0.717, 1.165) is 17.7 Å². The number of aromatic nitrogens is 2. The van der Waals surface area contributed by atoms with Crippen LogP contribution in [0, 0.1) is 17.5 Å². The molecule has 0 fully saturated rings.